The van der Waals surface area contributed by atoms with Crippen molar-refractivity contribution < 1.29 is 28.9 Å². The summed E-state index contributed by atoms with van der Waals surface area (Å²) in [6, 6.07) is 18.5. The van der Waals surface area contributed by atoms with Gasteiger partial charge in [-0.15, -0.1) is 0 Å². The van der Waals surface area contributed by atoms with E-state index in [2.05, 4.69) is 16.4 Å². The Kier molecular flexibility index (Phi) is 12.5. The van der Waals surface area contributed by atoms with Crippen LogP contribution in [0.2, 0.25) is 0 Å². The summed E-state index contributed by atoms with van der Waals surface area (Å²) in [5.41, 5.74) is 2.20. The van der Waals surface area contributed by atoms with E-state index in [0.29, 0.717) is 35.5 Å². The highest BCUT2D eigenvalue weighted by Gasteiger charge is 2.43. The number of methoxy groups -OCH3 is 1. The molecule has 0 saturated heterocycles. The van der Waals surface area contributed by atoms with Gasteiger partial charge in [0, 0.05) is 23.9 Å². The number of nitrogens with one attached hydrogen (secondary N) is 1. The molecule has 0 fully saturated rings. The average Bonchev–Trinajstić information content (AvgIpc) is 2.98. The number of carbonyl (C=O) groups is 2. The summed E-state index contributed by atoms with van der Waals surface area (Å²) < 4.78 is 16.2. The van der Waals surface area contributed by atoms with Gasteiger partial charge < -0.3 is 24.6 Å². The topological polar surface area (TPSA) is 130 Å². The number of para-hydroxylation sites is 1. The van der Waals surface area contributed by atoms with Gasteiger partial charge in [0.2, 0.25) is 0 Å². The number of unbranched alkanes of at least 4 members (excludes halogenated alkanes) is 3. The van der Waals surface area contributed by atoms with Crippen LogP contribution in [0.3, 0.4) is 0 Å². The van der Waals surface area contributed by atoms with Crippen LogP contribution in [-0.2, 0) is 19.1 Å². The van der Waals surface area contributed by atoms with E-state index in [-0.39, 0.29) is 18.8 Å². The number of ether oxygens (including phenoxy) is 3. The van der Waals surface area contributed by atoms with Crippen LogP contribution in [0.15, 0.2) is 70.9 Å². The lowest BCUT2D eigenvalue weighted by Gasteiger charge is -2.31. The van der Waals surface area contributed by atoms with E-state index in [0.717, 1.165) is 31.6 Å². The smallest absolute Gasteiger partial charge is 0.336 e. The highest BCUT2D eigenvalue weighted by Crippen LogP contribution is 2.41. The Morgan fingerprint density at radius 3 is 2.49 bits per heavy atom. The molecule has 1 heterocycles. The van der Waals surface area contributed by atoms with Crippen molar-refractivity contribution in [1.82, 2.24) is 5.32 Å². The summed E-state index contributed by atoms with van der Waals surface area (Å²) >= 11 is 0. The SMILES string of the molecule is COC(=O)C1C(C)=NC(C)=C(C(=O)OCCCCCCNCC(O)COc2ccccc2)C1c1ccccc1C#N. The third-order valence-corrected chi connectivity index (χ3v) is 6.97. The molecule has 3 unspecified atom stereocenters. The lowest BCUT2D eigenvalue weighted by atomic mass is 9.74. The molecule has 3 atom stereocenters. The predicted octanol–water partition coefficient (Wildman–Crippen LogP) is 4.31. The second-order valence-corrected chi connectivity index (χ2v) is 9.96. The van der Waals surface area contributed by atoms with Crippen LogP contribution < -0.4 is 10.1 Å². The molecule has 0 amide bonds. The third-order valence-electron chi connectivity index (χ3n) is 6.97. The Balaban J connectivity index is 1.45. The van der Waals surface area contributed by atoms with Gasteiger partial charge >= 0.3 is 11.9 Å². The predicted molar refractivity (Wildman–Crippen MR) is 155 cm³/mol. The zero-order valence-corrected chi connectivity index (χ0v) is 24.0. The first kappa shape index (κ1) is 31.5. The summed E-state index contributed by atoms with van der Waals surface area (Å²) in [6.07, 6.45) is 2.83. The molecule has 1 aliphatic rings. The van der Waals surface area contributed by atoms with Crippen LogP contribution >= 0.6 is 0 Å². The van der Waals surface area contributed by atoms with Crippen LogP contribution in [0.5, 0.6) is 5.75 Å². The number of aliphatic hydroxyl groups excluding tert-OH is 1. The van der Waals surface area contributed by atoms with Crippen LogP contribution in [0, 0.1) is 17.2 Å². The Bertz CT molecular complexity index is 1270. The number of hydrogen-bond acceptors (Lipinski definition) is 9. The number of aliphatic imine (C=N–C) groups is 1. The van der Waals surface area contributed by atoms with E-state index < -0.39 is 29.9 Å². The van der Waals surface area contributed by atoms with E-state index in [1.54, 1.807) is 38.1 Å². The first-order valence-electron chi connectivity index (χ1n) is 13.9. The van der Waals surface area contributed by atoms with Crippen molar-refractivity contribution in [2.75, 3.05) is 33.4 Å². The number of hydrogen-bond donors (Lipinski definition) is 2. The molecule has 2 N–H and O–H groups in total. The van der Waals surface area contributed by atoms with Gasteiger partial charge in [-0.1, -0.05) is 49.2 Å². The van der Waals surface area contributed by atoms with E-state index >= 15 is 0 Å². The van der Waals surface area contributed by atoms with Gasteiger partial charge in [0.15, 0.2) is 0 Å². The normalized spacial score (nSPS) is 17.3. The van der Waals surface area contributed by atoms with Gasteiger partial charge in [-0.25, -0.2) is 4.79 Å². The summed E-state index contributed by atoms with van der Waals surface area (Å²) in [5, 5.41) is 23.0. The van der Waals surface area contributed by atoms with Gasteiger partial charge in [-0.2, -0.15) is 5.26 Å². The Morgan fingerprint density at radius 1 is 1.05 bits per heavy atom. The van der Waals surface area contributed by atoms with Crippen LogP contribution in [0.1, 0.15) is 56.6 Å². The lowest BCUT2D eigenvalue weighted by Crippen LogP contribution is -2.36. The minimum Gasteiger partial charge on any atom is -0.491 e. The molecule has 0 bridgehead atoms. The molecule has 0 spiro atoms. The molecule has 9 heteroatoms. The Morgan fingerprint density at radius 2 is 1.76 bits per heavy atom. The maximum Gasteiger partial charge on any atom is 0.336 e. The van der Waals surface area contributed by atoms with Crippen LogP contribution in [0.25, 0.3) is 0 Å². The minimum atomic E-state index is -0.836. The third kappa shape index (κ3) is 9.00. The first-order valence-corrected chi connectivity index (χ1v) is 13.9. The molecule has 2 aromatic rings. The van der Waals surface area contributed by atoms with E-state index in [9.17, 15) is 20.0 Å². The minimum absolute atomic E-state index is 0.229. The van der Waals surface area contributed by atoms with Crippen LogP contribution in [0.4, 0.5) is 0 Å². The maximum atomic E-state index is 13.3. The second kappa shape index (κ2) is 16.3. The number of aliphatic hydroxyl groups is 1. The molecular weight excluding hydrogens is 522 g/mol. The molecule has 0 aromatic heterocycles. The first-order chi connectivity index (χ1) is 19.9. The lowest BCUT2D eigenvalue weighted by molar-refractivity contribution is -0.144. The van der Waals surface area contributed by atoms with Crippen molar-refractivity contribution in [1.29, 1.82) is 5.26 Å². The molecule has 3 rings (SSSR count). The maximum absolute atomic E-state index is 13.3. The Hall–Kier alpha value is -4.00. The van der Waals surface area contributed by atoms with Crippen molar-refractivity contribution >= 4 is 17.7 Å². The number of nitrogens with zero attached hydrogens (tertiary/aromatic N) is 2. The highest BCUT2D eigenvalue weighted by atomic mass is 16.5. The standard InChI is InChI=1S/C32H39N3O6/c1-22-28(31(37)39-3)30(27-16-10-9-13-24(27)19-33)29(23(2)35-22)32(38)40-18-12-5-4-11-17-34-20-25(36)21-41-26-14-7-6-8-15-26/h6-10,13-16,25,28,30,34,36H,4-5,11-12,17-18,20-21H2,1-3H3. The van der Waals surface area contributed by atoms with Crippen molar-refractivity contribution in [3.8, 4) is 11.8 Å². The fourth-order valence-electron chi connectivity index (χ4n) is 4.93. The zero-order valence-electron chi connectivity index (χ0n) is 24.0. The second-order valence-electron chi connectivity index (χ2n) is 9.96. The molecule has 0 saturated carbocycles. The van der Waals surface area contributed by atoms with Gasteiger partial charge in [0.1, 0.15) is 24.4 Å². The number of carbonyl (C=O) groups excluding carboxylic acids is 2. The summed E-state index contributed by atoms with van der Waals surface area (Å²) in [7, 11) is 1.30. The largest absolute Gasteiger partial charge is 0.491 e. The molecule has 1 aliphatic heterocycles. The number of allylic oxidation sites excluding steroid dienone is 1. The van der Waals surface area contributed by atoms with Crippen molar-refractivity contribution in [3.63, 3.8) is 0 Å². The quantitative estimate of drug-likeness (QED) is 0.243. The monoisotopic (exact) mass is 561 g/mol. The molecule has 41 heavy (non-hydrogen) atoms. The van der Waals surface area contributed by atoms with E-state index in [4.69, 9.17) is 14.2 Å². The van der Waals surface area contributed by atoms with Crippen molar-refractivity contribution in [2.24, 2.45) is 10.9 Å². The fraction of sp³-hybridized carbons (Fsp3) is 0.438. The Labute approximate surface area is 241 Å². The summed E-state index contributed by atoms with van der Waals surface area (Å²) in [6.45, 7) is 5.11. The molecule has 2 aromatic carbocycles. The molecular formula is C32H39N3O6. The van der Waals surface area contributed by atoms with E-state index in [1.807, 2.05) is 30.3 Å². The molecule has 9 nitrogen and oxygen atoms in total. The molecule has 218 valence electrons. The molecule has 0 radical (unpaired) electrons. The number of nitriles is 1. The number of benzene rings is 2. The van der Waals surface area contributed by atoms with Gasteiger partial charge in [-0.3, -0.25) is 9.79 Å². The number of esters is 2. The van der Waals surface area contributed by atoms with Gasteiger partial charge in [-0.05, 0) is 57.0 Å². The highest BCUT2D eigenvalue weighted by molar-refractivity contribution is 6.07. The van der Waals surface area contributed by atoms with Crippen LogP contribution in [-0.4, -0.2) is 62.3 Å². The average molecular weight is 562 g/mol. The van der Waals surface area contributed by atoms with Crippen molar-refractivity contribution in [3.05, 3.63) is 77.0 Å². The van der Waals surface area contributed by atoms with E-state index in [1.165, 1.54) is 7.11 Å². The zero-order chi connectivity index (χ0) is 29.6. The van der Waals surface area contributed by atoms with Gasteiger partial charge in [0.25, 0.3) is 0 Å². The summed E-state index contributed by atoms with van der Waals surface area (Å²) in [5.74, 6) is -1.90. The fourth-order valence-corrected chi connectivity index (χ4v) is 4.93. The molecule has 0 aliphatic carbocycles. The number of rotatable bonds is 15. The summed E-state index contributed by atoms with van der Waals surface area (Å²) in [4.78, 5) is 30.6. The van der Waals surface area contributed by atoms with Crippen molar-refractivity contribution in [2.45, 2.75) is 51.6 Å². The van der Waals surface area contributed by atoms with Gasteiger partial charge in [0.05, 0.1) is 30.9 Å².